The first-order valence-electron chi connectivity index (χ1n) is 11.2. The van der Waals surface area contributed by atoms with E-state index in [1.54, 1.807) is 38.2 Å². The van der Waals surface area contributed by atoms with Crippen LogP contribution in [0.15, 0.2) is 29.3 Å². The van der Waals surface area contributed by atoms with E-state index in [2.05, 4.69) is 42.0 Å². The van der Waals surface area contributed by atoms with Crippen molar-refractivity contribution < 1.29 is 19.1 Å². The second kappa shape index (κ2) is 11.8. The van der Waals surface area contributed by atoms with Crippen molar-refractivity contribution in [1.82, 2.24) is 14.8 Å². The molecule has 0 aliphatic heterocycles. The van der Waals surface area contributed by atoms with Crippen LogP contribution in [0.4, 0.5) is 5.00 Å². The van der Waals surface area contributed by atoms with Crippen molar-refractivity contribution in [3.63, 3.8) is 0 Å². The Hall–Kier alpha value is -2.96. The van der Waals surface area contributed by atoms with E-state index in [1.165, 1.54) is 16.6 Å². The summed E-state index contributed by atoms with van der Waals surface area (Å²) in [7, 11) is 0. The summed E-state index contributed by atoms with van der Waals surface area (Å²) in [4.78, 5) is 38.7. The number of rotatable bonds is 11. The zero-order valence-electron chi connectivity index (χ0n) is 20.8. The number of thiophene rings is 2. The smallest absolute Gasteiger partial charge is 0.341 e. The number of thioether (sulfide) groups is 1. The normalized spacial score (nSPS) is 11.2. The third-order valence-corrected chi connectivity index (χ3v) is 8.40. The van der Waals surface area contributed by atoms with Crippen molar-refractivity contribution in [1.29, 1.82) is 0 Å². The third-order valence-electron chi connectivity index (χ3n) is 4.98. The molecule has 0 saturated heterocycles. The van der Waals surface area contributed by atoms with E-state index in [0.29, 0.717) is 29.0 Å². The molecule has 3 rings (SSSR count). The Balaban J connectivity index is 1.79. The molecule has 2 amide bonds. The fourth-order valence-corrected chi connectivity index (χ4v) is 6.04. The summed E-state index contributed by atoms with van der Waals surface area (Å²) in [6, 6.07) is 2.10. The second-order valence-electron chi connectivity index (χ2n) is 8.51. The van der Waals surface area contributed by atoms with Gasteiger partial charge in [0.25, 0.3) is 5.91 Å². The minimum Gasteiger partial charge on any atom is -0.459 e. The van der Waals surface area contributed by atoms with Gasteiger partial charge in [-0.05, 0) is 38.3 Å². The molecule has 0 unspecified atom stereocenters. The van der Waals surface area contributed by atoms with E-state index in [9.17, 15) is 14.4 Å². The molecule has 0 aliphatic carbocycles. The predicted octanol–water partition coefficient (Wildman–Crippen LogP) is 5.08. The molecule has 192 valence electrons. The quantitative estimate of drug-likeness (QED) is 0.194. The van der Waals surface area contributed by atoms with E-state index in [-0.39, 0.29) is 33.2 Å². The Morgan fingerprint density at radius 2 is 2.00 bits per heavy atom. The lowest BCUT2D eigenvalue weighted by atomic mass is 10.1. The van der Waals surface area contributed by atoms with Gasteiger partial charge in [-0.2, -0.15) is 0 Å². The molecule has 3 aromatic heterocycles. The van der Waals surface area contributed by atoms with Crippen molar-refractivity contribution in [2.75, 3.05) is 11.1 Å². The third kappa shape index (κ3) is 6.23. The van der Waals surface area contributed by atoms with Crippen LogP contribution in [0, 0.1) is 6.92 Å². The topological polar surface area (TPSA) is 129 Å². The fourth-order valence-electron chi connectivity index (χ4n) is 3.32. The van der Waals surface area contributed by atoms with Gasteiger partial charge < -0.3 is 15.8 Å². The second-order valence-corrected chi connectivity index (χ2v) is 11.4. The number of primary amides is 1. The predicted molar refractivity (Wildman–Crippen MR) is 145 cm³/mol. The Morgan fingerprint density at radius 3 is 2.58 bits per heavy atom. The average molecular weight is 548 g/mol. The number of esters is 1. The zero-order chi connectivity index (χ0) is 26.6. The molecule has 0 aromatic carbocycles. The molecule has 3 aromatic rings. The highest BCUT2D eigenvalue weighted by Gasteiger charge is 2.26. The van der Waals surface area contributed by atoms with Crippen LogP contribution in [0.2, 0.25) is 0 Å². The van der Waals surface area contributed by atoms with Gasteiger partial charge >= 0.3 is 5.97 Å². The molecular formula is C24H29N5O4S3. The molecule has 3 heterocycles. The van der Waals surface area contributed by atoms with Crippen LogP contribution >= 0.6 is 34.4 Å². The SMILES string of the molecule is C=CCn1c(SCC(=O)Nc2sc(C(N)=O)c(C)c2C(=O)OC(C)C)nnc1-c1csc(C(C)C)c1. The van der Waals surface area contributed by atoms with E-state index in [4.69, 9.17) is 10.5 Å². The number of nitrogens with one attached hydrogen (secondary N) is 1. The standard InChI is InChI=1S/C24H29N5O4S3/c1-7-8-29-21(15-9-16(12(2)3)34-10-15)27-28-24(29)35-11-17(30)26-22-18(23(32)33-13(4)5)14(6)19(36-22)20(25)31/h7,9-10,12-13H,1,8,11H2,2-6H3,(H2,25,31)(H,26,30). The zero-order valence-corrected chi connectivity index (χ0v) is 23.2. The van der Waals surface area contributed by atoms with Gasteiger partial charge in [0, 0.05) is 22.4 Å². The van der Waals surface area contributed by atoms with E-state index in [0.717, 1.165) is 16.9 Å². The highest BCUT2D eigenvalue weighted by atomic mass is 32.2. The van der Waals surface area contributed by atoms with Crippen LogP contribution in [0.3, 0.4) is 0 Å². The molecule has 36 heavy (non-hydrogen) atoms. The fraction of sp³-hybridized carbons (Fsp3) is 0.375. The van der Waals surface area contributed by atoms with Crippen LogP contribution in [-0.2, 0) is 16.1 Å². The van der Waals surface area contributed by atoms with E-state index in [1.807, 2.05) is 9.95 Å². The molecule has 0 bridgehead atoms. The number of nitrogens with zero attached hydrogens (tertiary/aromatic N) is 3. The molecule has 0 radical (unpaired) electrons. The highest BCUT2D eigenvalue weighted by molar-refractivity contribution is 7.99. The number of ether oxygens (including phenoxy) is 1. The number of hydrogen-bond acceptors (Lipinski definition) is 9. The van der Waals surface area contributed by atoms with Gasteiger partial charge in [0.2, 0.25) is 5.91 Å². The summed E-state index contributed by atoms with van der Waals surface area (Å²) < 4.78 is 7.20. The largest absolute Gasteiger partial charge is 0.459 e. The molecule has 0 atom stereocenters. The lowest BCUT2D eigenvalue weighted by Gasteiger charge is -2.10. The Morgan fingerprint density at radius 1 is 1.28 bits per heavy atom. The van der Waals surface area contributed by atoms with Gasteiger partial charge in [-0.3, -0.25) is 14.2 Å². The number of carbonyl (C=O) groups excluding carboxylic acids is 3. The van der Waals surface area contributed by atoms with Crippen molar-refractivity contribution in [3.05, 3.63) is 45.0 Å². The molecular weight excluding hydrogens is 518 g/mol. The Bertz CT molecular complexity index is 1290. The highest BCUT2D eigenvalue weighted by Crippen LogP contribution is 2.34. The first-order valence-corrected chi connectivity index (χ1v) is 13.9. The molecule has 0 aliphatic rings. The molecule has 12 heteroatoms. The number of allylic oxidation sites excluding steroid dienone is 1. The van der Waals surface area contributed by atoms with Crippen molar-refractivity contribution in [3.8, 4) is 11.4 Å². The van der Waals surface area contributed by atoms with Crippen LogP contribution in [0.1, 0.15) is 64.1 Å². The number of nitrogens with two attached hydrogens (primary N) is 1. The lowest BCUT2D eigenvalue weighted by Crippen LogP contribution is -2.18. The number of anilines is 1. The molecule has 0 spiro atoms. The van der Waals surface area contributed by atoms with Gasteiger partial charge in [0.1, 0.15) is 5.00 Å². The lowest BCUT2D eigenvalue weighted by molar-refractivity contribution is -0.113. The number of carbonyl (C=O) groups is 3. The maximum Gasteiger partial charge on any atom is 0.341 e. The maximum absolute atomic E-state index is 12.8. The van der Waals surface area contributed by atoms with Gasteiger partial charge in [-0.1, -0.05) is 31.7 Å². The molecule has 0 saturated carbocycles. The molecule has 9 nitrogen and oxygen atoms in total. The van der Waals surface area contributed by atoms with Gasteiger partial charge in [-0.15, -0.1) is 39.4 Å². The minimum absolute atomic E-state index is 0.0116. The monoisotopic (exact) mass is 547 g/mol. The first-order chi connectivity index (χ1) is 17.0. The van der Waals surface area contributed by atoms with Crippen LogP contribution in [-0.4, -0.2) is 44.4 Å². The van der Waals surface area contributed by atoms with Crippen LogP contribution < -0.4 is 11.1 Å². The molecule has 3 N–H and O–H groups in total. The number of hydrogen-bond donors (Lipinski definition) is 2. The van der Waals surface area contributed by atoms with Crippen LogP contribution in [0.25, 0.3) is 11.4 Å². The van der Waals surface area contributed by atoms with Gasteiger partial charge in [0.15, 0.2) is 11.0 Å². The summed E-state index contributed by atoms with van der Waals surface area (Å²) in [6.07, 6.45) is 1.39. The maximum atomic E-state index is 12.8. The van der Waals surface area contributed by atoms with Gasteiger partial charge in [0.05, 0.1) is 22.3 Å². The summed E-state index contributed by atoms with van der Waals surface area (Å²) in [5.74, 6) is -0.540. The number of aromatic nitrogens is 3. The summed E-state index contributed by atoms with van der Waals surface area (Å²) in [5.41, 5.74) is 6.94. The van der Waals surface area contributed by atoms with E-state index >= 15 is 0 Å². The minimum atomic E-state index is -0.676. The van der Waals surface area contributed by atoms with Crippen molar-refractivity contribution in [2.45, 2.75) is 58.3 Å². The van der Waals surface area contributed by atoms with Crippen molar-refractivity contribution >= 4 is 57.2 Å². The van der Waals surface area contributed by atoms with Gasteiger partial charge in [-0.25, -0.2) is 4.79 Å². The first kappa shape index (κ1) is 27.6. The van der Waals surface area contributed by atoms with Crippen molar-refractivity contribution in [2.24, 2.45) is 5.73 Å². The average Bonchev–Trinajstić information content (AvgIpc) is 3.49. The molecule has 0 fully saturated rings. The number of amides is 2. The Kier molecular flexibility index (Phi) is 9.09. The summed E-state index contributed by atoms with van der Waals surface area (Å²) >= 11 is 3.84. The summed E-state index contributed by atoms with van der Waals surface area (Å²) in [6.45, 7) is 13.6. The van der Waals surface area contributed by atoms with E-state index < -0.39 is 11.9 Å². The van der Waals surface area contributed by atoms with Crippen LogP contribution in [0.5, 0.6) is 0 Å². The Labute approximate surface area is 222 Å². The summed E-state index contributed by atoms with van der Waals surface area (Å²) in [5, 5.41) is 14.2.